The van der Waals surface area contributed by atoms with Gasteiger partial charge in [0.25, 0.3) is 5.91 Å². The second-order valence-corrected chi connectivity index (χ2v) is 7.09. The van der Waals surface area contributed by atoms with Crippen LogP contribution in [0.1, 0.15) is 27.0 Å². The van der Waals surface area contributed by atoms with Crippen molar-refractivity contribution in [2.24, 2.45) is 5.73 Å². The van der Waals surface area contributed by atoms with Crippen molar-refractivity contribution in [3.05, 3.63) is 82.9 Å². The number of hydrogen-bond donors (Lipinski definition) is 3. The van der Waals surface area contributed by atoms with Gasteiger partial charge in [-0.3, -0.25) is 4.79 Å². The van der Waals surface area contributed by atoms with E-state index < -0.39 is 5.60 Å². The molecule has 0 fully saturated rings. The Labute approximate surface area is 152 Å². The number of carbonyl (C=O) groups is 1. The van der Waals surface area contributed by atoms with Crippen LogP contribution in [0.15, 0.2) is 60.7 Å². The van der Waals surface area contributed by atoms with Gasteiger partial charge in [-0.15, -0.1) is 0 Å². The van der Waals surface area contributed by atoms with Gasteiger partial charge in [-0.25, -0.2) is 0 Å². The first kappa shape index (κ1) is 16.8. The van der Waals surface area contributed by atoms with Crippen LogP contribution in [-0.2, 0) is 19.4 Å². The third-order valence-electron chi connectivity index (χ3n) is 5.19. The molecule has 0 heterocycles. The first-order chi connectivity index (χ1) is 12.6. The van der Waals surface area contributed by atoms with Crippen molar-refractivity contribution in [1.82, 2.24) is 5.32 Å². The first-order valence-electron chi connectivity index (χ1n) is 8.87. The number of benzene rings is 3. The van der Waals surface area contributed by atoms with Gasteiger partial charge in [-0.05, 0) is 39.6 Å². The molecule has 1 amide bonds. The molecule has 26 heavy (non-hydrogen) atoms. The molecule has 0 saturated carbocycles. The summed E-state index contributed by atoms with van der Waals surface area (Å²) in [4.78, 5) is 12.6. The van der Waals surface area contributed by atoms with E-state index in [2.05, 4.69) is 5.32 Å². The number of aliphatic hydroxyl groups is 1. The molecule has 0 radical (unpaired) electrons. The summed E-state index contributed by atoms with van der Waals surface area (Å²) in [6.45, 7) is 0.664. The molecule has 0 unspecified atom stereocenters. The molecule has 3 aromatic rings. The maximum atomic E-state index is 12.6. The molecule has 1 aliphatic rings. The van der Waals surface area contributed by atoms with Crippen molar-refractivity contribution in [1.29, 1.82) is 0 Å². The van der Waals surface area contributed by atoms with Gasteiger partial charge in [0.2, 0.25) is 0 Å². The maximum Gasteiger partial charge on any atom is 0.251 e. The van der Waals surface area contributed by atoms with Gasteiger partial charge in [0.15, 0.2) is 0 Å². The number of fused-ring (bicyclic) bond motifs is 2. The lowest BCUT2D eigenvalue weighted by Gasteiger charge is -2.22. The van der Waals surface area contributed by atoms with E-state index in [9.17, 15) is 9.90 Å². The Bertz CT molecular complexity index is 956. The highest BCUT2D eigenvalue weighted by Gasteiger charge is 2.35. The number of amides is 1. The summed E-state index contributed by atoms with van der Waals surface area (Å²) in [5, 5.41) is 15.8. The lowest BCUT2D eigenvalue weighted by molar-refractivity contribution is 0.0480. The zero-order valence-corrected chi connectivity index (χ0v) is 14.5. The molecule has 3 aromatic carbocycles. The minimum Gasteiger partial charge on any atom is -0.387 e. The van der Waals surface area contributed by atoms with Crippen LogP contribution in [0, 0.1) is 0 Å². The lowest BCUT2D eigenvalue weighted by Crippen LogP contribution is -2.43. The number of rotatable bonds is 4. The largest absolute Gasteiger partial charge is 0.387 e. The minimum atomic E-state index is -0.918. The third kappa shape index (κ3) is 3.09. The Kier molecular flexibility index (Phi) is 4.23. The van der Waals surface area contributed by atoms with Crippen molar-refractivity contribution >= 4 is 16.7 Å². The van der Waals surface area contributed by atoms with Crippen LogP contribution in [0.25, 0.3) is 10.8 Å². The van der Waals surface area contributed by atoms with Crippen molar-refractivity contribution < 1.29 is 9.90 Å². The molecule has 0 aliphatic heterocycles. The van der Waals surface area contributed by atoms with E-state index in [1.165, 1.54) is 0 Å². The number of carbonyl (C=O) groups excluding carboxylic acids is 1. The zero-order chi connectivity index (χ0) is 18.1. The monoisotopic (exact) mass is 346 g/mol. The molecule has 0 saturated heterocycles. The van der Waals surface area contributed by atoms with Gasteiger partial charge >= 0.3 is 0 Å². The summed E-state index contributed by atoms with van der Waals surface area (Å²) in [7, 11) is 0. The fraction of sp³-hybridized carbons (Fsp3) is 0.227. The van der Waals surface area contributed by atoms with E-state index in [0.717, 1.165) is 27.5 Å². The Balaban J connectivity index is 1.50. The van der Waals surface area contributed by atoms with Gasteiger partial charge in [0.1, 0.15) is 0 Å². The molecule has 4 nitrogen and oxygen atoms in total. The van der Waals surface area contributed by atoms with Crippen LogP contribution in [-0.4, -0.2) is 23.2 Å². The quantitative estimate of drug-likeness (QED) is 0.680. The summed E-state index contributed by atoms with van der Waals surface area (Å²) in [5.41, 5.74) is 8.80. The number of nitrogens with one attached hydrogen (secondary N) is 1. The predicted octanol–water partition coefficient (Wildman–Crippen LogP) is 2.56. The summed E-state index contributed by atoms with van der Waals surface area (Å²) in [6.07, 6.45) is 1.14. The average molecular weight is 346 g/mol. The summed E-state index contributed by atoms with van der Waals surface area (Å²) < 4.78 is 0. The van der Waals surface area contributed by atoms with Crippen LogP contribution in [0.3, 0.4) is 0 Å². The van der Waals surface area contributed by atoms with E-state index in [-0.39, 0.29) is 12.5 Å². The lowest BCUT2D eigenvalue weighted by atomic mass is 9.99. The Morgan fingerprint density at radius 1 is 1.04 bits per heavy atom. The summed E-state index contributed by atoms with van der Waals surface area (Å²) in [6, 6.07) is 19.6. The highest BCUT2D eigenvalue weighted by molar-refractivity contribution is 5.99. The number of nitrogens with two attached hydrogens (primary N) is 1. The minimum absolute atomic E-state index is 0.178. The Hall–Kier alpha value is -2.69. The predicted molar refractivity (Wildman–Crippen MR) is 103 cm³/mol. The van der Waals surface area contributed by atoms with Crippen molar-refractivity contribution in [2.45, 2.75) is 25.0 Å². The molecule has 0 bridgehead atoms. The van der Waals surface area contributed by atoms with Gasteiger partial charge in [-0.2, -0.15) is 0 Å². The van der Waals surface area contributed by atoms with Crippen LogP contribution in [0.5, 0.6) is 0 Å². The van der Waals surface area contributed by atoms with Gasteiger partial charge in [0.05, 0.1) is 5.60 Å². The molecule has 4 rings (SSSR count). The zero-order valence-electron chi connectivity index (χ0n) is 14.5. The fourth-order valence-electron chi connectivity index (χ4n) is 3.80. The van der Waals surface area contributed by atoms with E-state index in [1.54, 1.807) is 0 Å². The Morgan fingerprint density at radius 3 is 2.46 bits per heavy atom. The molecule has 4 N–H and O–H groups in total. The average Bonchev–Trinajstić information content (AvgIpc) is 3.01. The standard InChI is InChI=1S/C22H22N2O2/c23-13-19-7-3-6-15-8-9-16(10-20(15)19)21(25)24-14-22(26)11-17-4-1-2-5-18(17)12-22/h1-10,26H,11-14,23H2,(H,24,25). The van der Waals surface area contributed by atoms with Crippen molar-refractivity contribution in [3.8, 4) is 0 Å². The fourth-order valence-corrected chi connectivity index (χ4v) is 3.80. The van der Waals surface area contributed by atoms with Gasteiger partial charge < -0.3 is 16.2 Å². The van der Waals surface area contributed by atoms with E-state index in [4.69, 9.17) is 5.73 Å². The van der Waals surface area contributed by atoms with E-state index in [1.807, 2.05) is 60.7 Å². The molecule has 4 heteroatoms. The Morgan fingerprint density at radius 2 is 1.77 bits per heavy atom. The molecule has 1 aliphatic carbocycles. The maximum absolute atomic E-state index is 12.6. The molecular formula is C22H22N2O2. The van der Waals surface area contributed by atoms with Crippen LogP contribution in [0.2, 0.25) is 0 Å². The highest BCUT2D eigenvalue weighted by atomic mass is 16.3. The highest BCUT2D eigenvalue weighted by Crippen LogP contribution is 2.29. The summed E-state index contributed by atoms with van der Waals surface area (Å²) >= 11 is 0. The third-order valence-corrected chi connectivity index (χ3v) is 5.19. The van der Waals surface area contributed by atoms with Crippen LogP contribution in [0.4, 0.5) is 0 Å². The SMILES string of the molecule is NCc1cccc2ccc(C(=O)NCC3(O)Cc4ccccc4C3)cc12. The van der Waals surface area contributed by atoms with E-state index in [0.29, 0.717) is 24.9 Å². The smallest absolute Gasteiger partial charge is 0.251 e. The van der Waals surface area contributed by atoms with Crippen molar-refractivity contribution in [3.63, 3.8) is 0 Å². The van der Waals surface area contributed by atoms with Crippen LogP contribution >= 0.6 is 0 Å². The molecular weight excluding hydrogens is 324 g/mol. The molecule has 0 spiro atoms. The van der Waals surface area contributed by atoms with E-state index >= 15 is 0 Å². The van der Waals surface area contributed by atoms with Crippen molar-refractivity contribution in [2.75, 3.05) is 6.54 Å². The molecule has 0 aromatic heterocycles. The second-order valence-electron chi connectivity index (χ2n) is 7.09. The topological polar surface area (TPSA) is 75.4 Å². The van der Waals surface area contributed by atoms with Gasteiger partial charge in [-0.1, -0.05) is 48.5 Å². The number of hydrogen-bond acceptors (Lipinski definition) is 3. The second kappa shape index (κ2) is 6.56. The first-order valence-corrected chi connectivity index (χ1v) is 8.87. The summed E-state index contributed by atoms with van der Waals surface area (Å²) in [5.74, 6) is -0.178. The van der Waals surface area contributed by atoms with Crippen LogP contribution < -0.4 is 11.1 Å². The van der Waals surface area contributed by atoms with Gasteiger partial charge in [0, 0.05) is 31.5 Å². The molecule has 0 atom stereocenters. The molecule has 132 valence electrons. The normalized spacial score (nSPS) is 15.0.